The van der Waals surface area contributed by atoms with Gasteiger partial charge in [0.15, 0.2) is 0 Å². The summed E-state index contributed by atoms with van der Waals surface area (Å²) in [5.41, 5.74) is 1.72. The molecule has 25 heavy (non-hydrogen) atoms. The molecule has 2 aliphatic rings. The van der Waals surface area contributed by atoms with Gasteiger partial charge < -0.3 is 20.1 Å². The van der Waals surface area contributed by atoms with E-state index in [0.29, 0.717) is 18.2 Å². The summed E-state index contributed by atoms with van der Waals surface area (Å²) >= 11 is 0. The highest BCUT2D eigenvalue weighted by Crippen LogP contribution is 2.44. The first-order valence-electron chi connectivity index (χ1n) is 9.37. The second-order valence-corrected chi connectivity index (χ2v) is 7.83. The molecule has 1 saturated heterocycles. The zero-order valence-corrected chi connectivity index (χ0v) is 15.5. The average Bonchev–Trinajstić information content (AvgIpc) is 2.60. The van der Waals surface area contributed by atoms with Crippen LogP contribution in [0.1, 0.15) is 50.4 Å². The molecule has 5 heteroatoms. The molecular weight excluding hydrogens is 316 g/mol. The maximum absolute atomic E-state index is 12.7. The number of carbonyl (C=O) groups excluding carboxylic acids is 1. The Labute approximate surface area is 150 Å². The third-order valence-electron chi connectivity index (χ3n) is 5.68. The fourth-order valence-electron chi connectivity index (χ4n) is 3.88. The monoisotopic (exact) mass is 346 g/mol. The van der Waals surface area contributed by atoms with E-state index in [1.54, 1.807) is 4.90 Å². The molecule has 0 radical (unpaired) electrons. The highest BCUT2D eigenvalue weighted by Gasteiger charge is 2.48. The molecule has 1 aromatic carbocycles. The van der Waals surface area contributed by atoms with Crippen LogP contribution in [0.4, 0.5) is 5.69 Å². The number of anilines is 1. The van der Waals surface area contributed by atoms with Crippen LogP contribution in [0.15, 0.2) is 24.3 Å². The van der Waals surface area contributed by atoms with Crippen molar-refractivity contribution in [3.05, 3.63) is 29.8 Å². The van der Waals surface area contributed by atoms with E-state index >= 15 is 0 Å². The van der Waals surface area contributed by atoms with Crippen molar-refractivity contribution in [1.82, 2.24) is 4.90 Å². The Balaban J connectivity index is 1.65. The van der Waals surface area contributed by atoms with E-state index in [9.17, 15) is 9.90 Å². The van der Waals surface area contributed by atoms with Gasteiger partial charge in [0, 0.05) is 42.4 Å². The maximum atomic E-state index is 12.7. The quantitative estimate of drug-likeness (QED) is 0.861. The number of aliphatic hydroxyl groups is 1. The number of ether oxygens (including phenoxy) is 1. The van der Waals surface area contributed by atoms with Crippen LogP contribution in [0.3, 0.4) is 0 Å². The molecule has 1 heterocycles. The molecule has 1 amide bonds. The number of amides is 1. The number of hydrogen-bond donors (Lipinski definition) is 2. The highest BCUT2D eigenvalue weighted by atomic mass is 16.5. The molecule has 2 fully saturated rings. The first-order chi connectivity index (χ1) is 11.9. The van der Waals surface area contributed by atoms with Gasteiger partial charge in [-0.05, 0) is 44.4 Å². The Kier molecular flexibility index (Phi) is 5.35. The van der Waals surface area contributed by atoms with Crippen LogP contribution in [-0.2, 0) is 4.74 Å². The van der Waals surface area contributed by atoms with Gasteiger partial charge in [0.05, 0.1) is 12.2 Å². The molecule has 3 unspecified atom stereocenters. The molecule has 3 rings (SSSR count). The Hall–Kier alpha value is -1.59. The van der Waals surface area contributed by atoms with Crippen LogP contribution in [0.25, 0.3) is 0 Å². The first kappa shape index (κ1) is 18.2. The van der Waals surface area contributed by atoms with Gasteiger partial charge in [-0.1, -0.05) is 19.9 Å². The zero-order valence-electron chi connectivity index (χ0n) is 15.5. The number of piperidine rings is 1. The molecule has 0 aromatic heterocycles. The molecule has 2 N–H and O–H groups in total. The lowest BCUT2D eigenvalue weighted by atomic mass is 9.64. The Morgan fingerprint density at radius 3 is 2.92 bits per heavy atom. The average molecular weight is 346 g/mol. The molecule has 3 atom stereocenters. The van der Waals surface area contributed by atoms with Gasteiger partial charge >= 0.3 is 0 Å². The second-order valence-electron chi connectivity index (χ2n) is 7.83. The summed E-state index contributed by atoms with van der Waals surface area (Å²) in [5.74, 6) is 0.00228. The van der Waals surface area contributed by atoms with Crippen LogP contribution in [0.5, 0.6) is 0 Å². The zero-order chi connectivity index (χ0) is 18.0. The van der Waals surface area contributed by atoms with Gasteiger partial charge in [0.1, 0.15) is 0 Å². The van der Waals surface area contributed by atoms with Gasteiger partial charge in [-0.3, -0.25) is 4.79 Å². The number of nitrogens with one attached hydrogen (secondary N) is 1. The minimum atomic E-state index is -0.398. The van der Waals surface area contributed by atoms with Crippen molar-refractivity contribution < 1.29 is 14.6 Å². The van der Waals surface area contributed by atoms with Gasteiger partial charge in [-0.2, -0.15) is 0 Å². The summed E-state index contributed by atoms with van der Waals surface area (Å²) in [5, 5.41) is 13.4. The molecule has 0 bridgehead atoms. The Morgan fingerprint density at radius 1 is 1.44 bits per heavy atom. The minimum absolute atomic E-state index is 0.00228. The lowest BCUT2D eigenvalue weighted by molar-refractivity contribution is -0.0975. The third-order valence-corrected chi connectivity index (χ3v) is 5.68. The third kappa shape index (κ3) is 3.82. The summed E-state index contributed by atoms with van der Waals surface area (Å²) in [6.07, 6.45) is 2.51. The SMILES string of the molecule is CCOC1CC(Nc2cccc(C(=O)N3CCCC(O)C3)c2)C1(C)C. The minimum Gasteiger partial charge on any atom is -0.391 e. The van der Waals surface area contributed by atoms with Crippen LogP contribution >= 0.6 is 0 Å². The lowest BCUT2D eigenvalue weighted by Gasteiger charge is -2.52. The fraction of sp³-hybridized carbons (Fsp3) is 0.650. The van der Waals surface area contributed by atoms with E-state index in [-0.39, 0.29) is 17.4 Å². The number of aliphatic hydroxyl groups excluding tert-OH is 1. The number of carbonyl (C=O) groups is 1. The van der Waals surface area contributed by atoms with Gasteiger partial charge in [0.2, 0.25) is 0 Å². The number of β-amino-alcohol motifs (C(OH)–C–C–N with tert-alkyl or cyclic N) is 1. The van der Waals surface area contributed by atoms with Crippen molar-refractivity contribution in [2.45, 2.75) is 58.3 Å². The van der Waals surface area contributed by atoms with Crippen LogP contribution in [-0.4, -0.2) is 53.9 Å². The van der Waals surface area contributed by atoms with Crippen molar-refractivity contribution in [3.8, 4) is 0 Å². The number of benzene rings is 1. The standard InChI is InChI=1S/C20H30N2O3/c1-4-25-18-12-17(20(18,2)3)21-15-8-5-7-14(11-15)19(24)22-10-6-9-16(23)13-22/h5,7-8,11,16-18,21,23H,4,6,9-10,12-13H2,1-3H3. The van der Waals surface area contributed by atoms with Crippen LogP contribution in [0.2, 0.25) is 0 Å². The number of likely N-dealkylation sites (tertiary alicyclic amines) is 1. The van der Waals surface area contributed by atoms with Crippen molar-refractivity contribution in [1.29, 1.82) is 0 Å². The summed E-state index contributed by atoms with van der Waals surface area (Å²) < 4.78 is 5.79. The summed E-state index contributed by atoms with van der Waals surface area (Å²) in [6, 6.07) is 8.04. The highest BCUT2D eigenvalue weighted by molar-refractivity contribution is 5.95. The predicted octanol–water partition coefficient (Wildman–Crippen LogP) is 2.90. The largest absolute Gasteiger partial charge is 0.391 e. The van der Waals surface area contributed by atoms with Crippen molar-refractivity contribution in [3.63, 3.8) is 0 Å². The van der Waals surface area contributed by atoms with E-state index in [1.807, 2.05) is 31.2 Å². The first-order valence-corrected chi connectivity index (χ1v) is 9.37. The van der Waals surface area contributed by atoms with E-state index in [2.05, 4.69) is 19.2 Å². The number of nitrogens with zero attached hydrogens (tertiary/aromatic N) is 1. The predicted molar refractivity (Wildman–Crippen MR) is 98.8 cm³/mol. The molecule has 1 aliphatic heterocycles. The maximum Gasteiger partial charge on any atom is 0.254 e. The van der Waals surface area contributed by atoms with E-state index in [0.717, 1.165) is 38.1 Å². The van der Waals surface area contributed by atoms with Crippen LogP contribution in [0, 0.1) is 5.41 Å². The smallest absolute Gasteiger partial charge is 0.254 e. The topological polar surface area (TPSA) is 61.8 Å². The normalized spacial score (nSPS) is 28.3. The van der Waals surface area contributed by atoms with Gasteiger partial charge in [0.25, 0.3) is 5.91 Å². The van der Waals surface area contributed by atoms with Crippen LogP contribution < -0.4 is 5.32 Å². The molecule has 1 aromatic rings. The van der Waals surface area contributed by atoms with Gasteiger partial charge in [-0.15, -0.1) is 0 Å². The van der Waals surface area contributed by atoms with Crippen molar-refractivity contribution in [2.24, 2.45) is 5.41 Å². The van der Waals surface area contributed by atoms with E-state index in [1.165, 1.54) is 0 Å². The molecule has 138 valence electrons. The Bertz CT molecular complexity index is 617. The fourth-order valence-corrected chi connectivity index (χ4v) is 3.88. The molecule has 0 spiro atoms. The molecular formula is C20H30N2O3. The van der Waals surface area contributed by atoms with Gasteiger partial charge in [-0.25, -0.2) is 0 Å². The number of hydrogen-bond acceptors (Lipinski definition) is 4. The lowest BCUT2D eigenvalue weighted by Crippen LogP contribution is -2.58. The number of rotatable bonds is 5. The molecule has 1 saturated carbocycles. The van der Waals surface area contributed by atoms with E-state index < -0.39 is 6.10 Å². The summed E-state index contributed by atoms with van der Waals surface area (Å²) in [4.78, 5) is 14.5. The molecule has 1 aliphatic carbocycles. The second kappa shape index (κ2) is 7.34. The van der Waals surface area contributed by atoms with Crippen molar-refractivity contribution >= 4 is 11.6 Å². The van der Waals surface area contributed by atoms with Crippen molar-refractivity contribution in [2.75, 3.05) is 25.0 Å². The molecule has 5 nitrogen and oxygen atoms in total. The Morgan fingerprint density at radius 2 is 2.24 bits per heavy atom. The summed E-state index contributed by atoms with van der Waals surface area (Å²) in [7, 11) is 0. The van der Waals surface area contributed by atoms with E-state index in [4.69, 9.17) is 4.74 Å². The summed E-state index contributed by atoms with van der Waals surface area (Å²) in [6.45, 7) is 8.37.